The molecule has 0 aliphatic rings. The SMILES string of the molecule is Cn1nc(Nc2nccs2)c2cc(Cl)sc21. The molecule has 0 saturated carbocycles. The fraction of sp³-hybridized carbons (Fsp3) is 0.111. The van der Waals surface area contributed by atoms with Gasteiger partial charge in [-0.3, -0.25) is 4.68 Å². The lowest BCUT2D eigenvalue weighted by molar-refractivity contribution is 0.806. The maximum Gasteiger partial charge on any atom is 0.188 e. The average Bonchev–Trinajstić information content (AvgIpc) is 2.89. The molecule has 16 heavy (non-hydrogen) atoms. The first-order chi connectivity index (χ1) is 7.74. The minimum atomic E-state index is 0.769. The molecule has 3 rings (SSSR count). The first-order valence-electron chi connectivity index (χ1n) is 4.52. The highest BCUT2D eigenvalue weighted by molar-refractivity contribution is 7.22. The van der Waals surface area contributed by atoms with Gasteiger partial charge in [0.1, 0.15) is 4.83 Å². The van der Waals surface area contributed by atoms with Crippen molar-refractivity contribution in [2.45, 2.75) is 0 Å². The number of hydrogen-bond donors (Lipinski definition) is 1. The van der Waals surface area contributed by atoms with E-state index in [0.29, 0.717) is 0 Å². The third kappa shape index (κ3) is 1.59. The Hall–Kier alpha value is -1.11. The number of rotatable bonds is 2. The van der Waals surface area contributed by atoms with Gasteiger partial charge in [0.2, 0.25) is 0 Å². The summed E-state index contributed by atoms with van der Waals surface area (Å²) in [7, 11) is 1.90. The second-order valence-corrected chi connectivity index (χ2v) is 5.76. The summed E-state index contributed by atoms with van der Waals surface area (Å²) in [6.45, 7) is 0. The lowest BCUT2D eigenvalue weighted by atomic mass is 10.4. The summed E-state index contributed by atoms with van der Waals surface area (Å²) in [5.41, 5.74) is 0. The summed E-state index contributed by atoms with van der Waals surface area (Å²) < 4.78 is 2.59. The number of aryl methyl sites for hydroxylation is 1. The Morgan fingerprint density at radius 2 is 2.38 bits per heavy atom. The first kappa shape index (κ1) is 10.1. The molecule has 3 heterocycles. The lowest BCUT2D eigenvalue weighted by Crippen LogP contribution is -1.93. The fourth-order valence-corrected chi connectivity index (χ4v) is 3.15. The normalized spacial score (nSPS) is 11.1. The molecule has 3 aromatic rings. The van der Waals surface area contributed by atoms with Crippen molar-refractivity contribution in [1.82, 2.24) is 14.8 Å². The van der Waals surface area contributed by atoms with Gasteiger partial charge in [0.05, 0.1) is 9.72 Å². The third-order valence-electron chi connectivity index (χ3n) is 2.14. The van der Waals surface area contributed by atoms with Gasteiger partial charge in [0, 0.05) is 18.6 Å². The van der Waals surface area contributed by atoms with Crippen LogP contribution in [0, 0.1) is 0 Å². The van der Waals surface area contributed by atoms with Crippen molar-refractivity contribution >= 4 is 55.4 Å². The number of fused-ring (bicyclic) bond motifs is 1. The molecule has 0 fully saturated rings. The molecule has 0 unspecified atom stereocenters. The lowest BCUT2D eigenvalue weighted by Gasteiger charge is -1.96. The summed E-state index contributed by atoms with van der Waals surface area (Å²) in [6, 6.07) is 1.92. The molecule has 1 N–H and O–H groups in total. The predicted molar refractivity (Wildman–Crippen MR) is 69.0 cm³/mol. The van der Waals surface area contributed by atoms with E-state index >= 15 is 0 Å². The highest BCUT2D eigenvalue weighted by Crippen LogP contribution is 2.34. The van der Waals surface area contributed by atoms with E-state index in [2.05, 4.69) is 15.4 Å². The van der Waals surface area contributed by atoms with Crippen LogP contribution in [0.15, 0.2) is 17.6 Å². The van der Waals surface area contributed by atoms with Crippen molar-refractivity contribution in [2.24, 2.45) is 7.05 Å². The van der Waals surface area contributed by atoms with Crippen LogP contribution in [0.1, 0.15) is 0 Å². The van der Waals surface area contributed by atoms with E-state index in [4.69, 9.17) is 11.6 Å². The Balaban J connectivity index is 2.09. The standard InChI is InChI=1S/C9H7ClN4S2/c1-14-8-5(4-6(10)16-8)7(13-14)12-9-11-2-3-15-9/h2-4H,1H3,(H,11,12,13). The first-order valence-corrected chi connectivity index (χ1v) is 6.60. The van der Waals surface area contributed by atoms with Crippen molar-refractivity contribution in [3.63, 3.8) is 0 Å². The highest BCUT2D eigenvalue weighted by atomic mass is 35.5. The highest BCUT2D eigenvalue weighted by Gasteiger charge is 2.12. The fourth-order valence-electron chi connectivity index (χ4n) is 1.49. The molecule has 0 aromatic carbocycles. The number of thiophene rings is 1. The topological polar surface area (TPSA) is 42.7 Å². The molecule has 7 heteroatoms. The number of aromatic nitrogens is 3. The molecule has 0 aliphatic heterocycles. The van der Waals surface area contributed by atoms with Gasteiger partial charge < -0.3 is 5.32 Å². The Morgan fingerprint density at radius 3 is 3.12 bits per heavy atom. The number of halogens is 1. The van der Waals surface area contributed by atoms with Crippen molar-refractivity contribution in [3.05, 3.63) is 22.0 Å². The van der Waals surface area contributed by atoms with Crippen molar-refractivity contribution in [1.29, 1.82) is 0 Å². The zero-order valence-electron chi connectivity index (χ0n) is 8.27. The van der Waals surface area contributed by atoms with E-state index in [9.17, 15) is 0 Å². The van der Waals surface area contributed by atoms with Crippen LogP contribution >= 0.6 is 34.3 Å². The molecule has 3 aromatic heterocycles. The molecule has 0 amide bonds. The van der Waals surface area contributed by atoms with Crippen molar-refractivity contribution < 1.29 is 0 Å². The maximum absolute atomic E-state index is 5.99. The molecule has 0 saturated heterocycles. The van der Waals surface area contributed by atoms with Gasteiger partial charge in [-0.1, -0.05) is 11.6 Å². The number of nitrogens with zero attached hydrogens (tertiary/aromatic N) is 3. The summed E-state index contributed by atoms with van der Waals surface area (Å²) in [6.07, 6.45) is 1.76. The average molecular weight is 271 g/mol. The minimum absolute atomic E-state index is 0.769. The number of thiazole rings is 1. The van der Waals surface area contributed by atoms with Crippen LogP contribution in [0.2, 0.25) is 4.34 Å². The Kier molecular flexibility index (Phi) is 2.34. The van der Waals surface area contributed by atoms with Gasteiger partial charge in [-0.2, -0.15) is 5.10 Å². The Morgan fingerprint density at radius 1 is 1.50 bits per heavy atom. The molecule has 0 aliphatic carbocycles. The second-order valence-electron chi connectivity index (χ2n) is 3.20. The molecule has 0 radical (unpaired) electrons. The van der Waals surface area contributed by atoms with Gasteiger partial charge >= 0.3 is 0 Å². The van der Waals surface area contributed by atoms with Crippen LogP contribution in [0.3, 0.4) is 0 Å². The molecular weight excluding hydrogens is 264 g/mol. The quantitative estimate of drug-likeness (QED) is 0.775. The number of hydrogen-bond acceptors (Lipinski definition) is 5. The molecule has 82 valence electrons. The Labute approximate surface area is 104 Å². The van der Waals surface area contributed by atoms with Gasteiger partial charge in [-0.15, -0.1) is 22.7 Å². The molecule has 0 bridgehead atoms. The molecular formula is C9H7ClN4S2. The van der Waals surface area contributed by atoms with Crippen molar-refractivity contribution in [2.75, 3.05) is 5.32 Å². The largest absolute Gasteiger partial charge is 0.314 e. The number of anilines is 2. The summed E-state index contributed by atoms with van der Waals surface area (Å²) >= 11 is 9.05. The van der Waals surface area contributed by atoms with Crippen LogP contribution in [-0.2, 0) is 7.05 Å². The van der Waals surface area contributed by atoms with Gasteiger partial charge in [0.25, 0.3) is 0 Å². The predicted octanol–water partition coefficient (Wildman–Crippen LogP) is 3.49. The zero-order valence-corrected chi connectivity index (χ0v) is 10.7. The van der Waals surface area contributed by atoms with Crippen LogP contribution in [0.5, 0.6) is 0 Å². The van der Waals surface area contributed by atoms with Gasteiger partial charge in [-0.05, 0) is 6.07 Å². The van der Waals surface area contributed by atoms with E-state index in [-0.39, 0.29) is 0 Å². The monoisotopic (exact) mass is 270 g/mol. The van der Waals surface area contributed by atoms with Crippen LogP contribution in [-0.4, -0.2) is 14.8 Å². The second kappa shape index (κ2) is 3.73. The van der Waals surface area contributed by atoms with Gasteiger partial charge in [-0.25, -0.2) is 4.98 Å². The molecule has 0 spiro atoms. The van der Waals surface area contributed by atoms with Crippen LogP contribution in [0.4, 0.5) is 10.9 Å². The van der Waals surface area contributed by atoms with E-state index in [1.54, 1.807) is 17.5 Å². The molecule has 4 nitrogen and oxygen atoms in total. The zero-order chi connectivity index (χ0) is 11.1. The summed E-state index contributed by atoms with van der Waals surface area (Å²) in [4.78, 5) is 5.22. The Bertz CT molecular complexity index is 625. The summed E-state index contributed by atoms with van der Waals surface area (Å²) in [5.74, 6) is 0.801. The van der Waals surface area contributed by atoms with E-state index < -0.39 is 0 Å². The van der Waals surface area contributed by atoms with Gasteiger partial charge in [0.15, 0.2) is 10.9 Å². The molecule has 0 atom stereocenters. The van der Waals surface area contributed by atoms with E-state index in [0.717, 1.165) is 25.5 Å². The van der Waals surface area contributed by atoms with E-state index in [1.807, 2.05) is 23.2 Å². The van der Waals surface area contributed by atoms with Crippen molar-refractivity contribution in [3.8, 4) is 0 Å². The summed E-state index contributed by atoms with van der Waals surface area (Å²) in [5, 5.41) is 11.4. The number of nitrogens with one attached hydrogen (secondary N) is 1. The van der Waals surface area contributed by atoms with Crippen LogP contribution < -0.4 is 5.32 Å². The van der Waals surface area contributed by atoms with E-state index in [1.165, 1.54) is 11.3 Å². The maximum atomic E-state index is 5.99. The third-order valence-corrected chi connectivity index (χ3v) is 4.16. The van der Waals surface area contributed by atoms with Crippen LogP contribution in [0.25, 0.3) is 10.2 Å². The smallest absolute Gasteiger partial charge is 0.188 e. The minimum Gasteiger partial charge on any atom is -0.314 e.